The molecule has 0 saturated carbocycles. The predicted octanol–water partition coefficient (Wildman–Crippen LogP) is 3.38. The highest BCUT2D eigenvalue weighted by Gasteiger charge is 2.20. The highest BCUT2D eigenvalue weighted by molar-refractivity contribution is 7.18. The molecule has 4 rings (SSSR count). The Labute approximate surface area is 161 Å². The maximum atomic E-state index is 12.8. The molecule has 1 aliphatic heterocycles. The van der Waals surface area contributed by atoms with Crippen molar-refractivity contribution in [1.82, 2.24) is 4.98 Å². The SMILES string of the molecule is Nc1nc(NCCc2ccccc2)sc1C(=O)c1ccc2c(c1)OCCO2. The summed E-state index contributed by atoms with van der Waals surface area (Å²) in [7, 11) is 0. The van der Waals surface area contributed by atoms with Gasteiger partial charge in [-0.1, -0.05) is 41.7 Å². The molecule has 3 aromatic rings. The standard InChI is InChI=1S/C20H19N3O3S/c21-19-18(17(24)14-6-7-15-16(12-14)26-11-10-25-15)27-20(23-19)22-9-8-13-4-2-1-3-5-13/h1-7,12H,8-11,21H2,(H,22,23). The average Bonchev–Trinajstić information content (AvgIpc) is 3.08. The number of carbonyl (C=O) groups excluding carboxylic acids is 1. The van der Waals surface area contributed by atoms with E-state index in [1.54, 1.807) is 18.2 Å². The maximum absolute atomic E-state index is 12.8. The van der Waals surface area contributed by atoms with Gasteiger partial charge in [-0.3, -0.25) is 4.79 Å². The van der Waals surface area contributed by atoms with Gasteiger partial charge in [-0.15, -0.1) is 0 Å². The van der Waals surface area contributed by atoms with Crippen molar-refractivity contribution in [1.29, 1.82) is 0 Å². The summed E-state index contributed by atoms with van der Waals surface area (Å²) in [5.74, 6) is 1.30. The minimum atomic E-state index is -0.168. The topological polar surface area (TPSA) is 86.5 Å². The summed E-state index contributed by atoms with van der Waals surface area (Å²) in [6.45, 7) is 1.71. The quantitative estimate of drug-likeness (QED) is 0.637. The van der Waals surface area contributed by atoms with E-state index in [4.69, 9.17) is 15.2 Å². The Morgan fingerprint density at radius 1 is 1.11 bits per heavy atom. The Balaban J connectivity index is 1.45. The van der Waals surface area contributed by atoms with Crippen molar-refractivity contribution in [3.63, 3.8) is 0 Å². The van der Waals surface area contributed by atoms with Crippen LogP contribution in [0.2, 0.25) is 0 Å². The molecule has 0 amide bonds. The number of ether oxygens (including phenoxy) is 2. The summed E-state index contributed by atoms with van der Waals surface area (Å²) < 4.78 is 11.0. The number of nitrogens with zero attached hydrogens (tertiary/aromatic N) is 1. The number of nitrogens with two attached hydrogens (primary N) is 1. The second-order valence-electron chi connectivity index (χ2n) is 6.08. The van der Waals surface area contributed by atoms with Crippen LogP contribution in [0.1, 0.15) is 20.8 Å². The van der Waals surface area contributed by atoms with E-state index >= 15 is 0 Å². The monoisotopic (exact) mass is 381 g/mol. The zero-order valence-electron chi connectivity index (χ0n) is 14.6. The lowest BCUT2D eigenvalue weighted by Gasteiger charge is -2.18. The number of thiazole rings is 1. The predicted molar refractivity (Wildman–Crippen MR) is 106 cm³/mol. The number of hydrogen-bond acceptors (Lipinski definition) is 7. The number of hydrogen-bond donors (Lipinski definition) is 2. The summed E-state index contributed by atoms with van der Waals surface area (Å²) in [4.78, 5) is 17.5. The van der Waals surface area contributed by atoms with Crippen molar-refractivity contribution in [2.45, 2.75) is 6.42 Å². The highest BCUT2D eigenvalue weighted by Crippen LogP contribution is 2.33. The molecule has 7 heteroatoms. The van der Waals surface area contributed by atoms with E-state index in [-0.39, 0.29) is 11.6 Å². The van der Waals surface area contributed by atoms with E-state index in [0.29, 0.717) is 46.8 Å². The van der Waals surface area contributed by atoms with E-state index in [1.165, 1.54) is 16.9 Å². The molecular formula is C20H19N3O3S. The first-order valence-electron chi connectivity index (χ1n) is 8.69. The van der Waals surface area contributed by atoms with E-state index in [0.717, 1.165) is 6.42 Å². The van der Waals surface area contributed by atoms with Gasteiger partial charge in [-0.2, -0.15) is 0 Å². The Morgan fingerprint density at radius 2 is 1.89 bits per heavy atom. The number of nitrogen functional groups attached to an aromatic ring is 1. The molecule has 0 bridgehead atoms. The van der Waals surface area contributed by atoms with Crippen molar-refractivity contribution in [2.24, 2.45) is 0 Å². The van der Waals surface area contributed by atoms with Gasteiger partial charge in [0.25, 0.3) is 0 Å². The third-order valence-corrected chi connectivity index (χ3v) is 5.22. The van der Waals surface area contributed by atoms with Crippen LogP contribution in [0.15, 0.2) is 48.5 Å². The normalized spacial score (nSPS) is 12.6. The second kappa shape index (κ2) is 7.67. The lowest BCUT2D eigenvalue weighted by Crippen LogP contribution is -2.15. The minimum absolute atomic E-state index is 0.168. The second-order valence-corrected chi connectivity index (χ2v) is 7.08. The van der Waals surface area contributed by atoms with E-state index in [2.05, 4.69) is 22.4 Å². The van der Waals surface area contributed by atoms with E-state index in [9.17, 15) is 4.79 Å². The van der Waals surface area contributed by atoms with Gasteiger partial charge in [0.2, 0.25) is 5.78 Å². The Hall–Kier alpha value is -3.06. The molecule has 0 aliphatic carbocycles. The molecule has 1 aliphatic rings. The number of carbonyl (C=O) groups is 1. The third-order valence-electron chi connectivity index (χ3n) is 4.20. The summed E-state index contributed by atoms with van der Waals surface area (Å²) >= 11 is 1.27. The van der Waals surface area contributed by atoms with Crippen LogP contribution in [0, 0.1) is 0 Å². The molecule has 0 spiro atoms. The summed E-state index contributed by atoms with van der Waals surface area (Å²) in [5, 5.41) is 3.88. The Kier molecular flexibility index (Phi) is 4.93. The van der Waals surface area contributed by atoms with Gasteiger partial charge >= 0.3 is 0 Å². The number of aromatic nitrogens is 1. The van der Waals surface area contributed by atoms with Crippen molar-refractivity contribution in [3.05, 3.63) is 64.5 Å². The fourth-order valence-corrected chi connectivity index (χ4v) is 3.72. The molecule has 6 nitrogen and oxygen atoms in total. The molecule has 0 radical (unpaired) electrons. The van der Waals surface area contributed by atoms with E-state index < -0.39 is 0 Å². The van der Waals surface area contributed by atoms with Gasteiger partial charge in [0, 0.05) is 12.1 Å². The highest BCUT2D eigenvalue weighted by atomic mass is 32.1. The molecule has 1 aromatic heterocycles. The first-order valence-corrected chi connectivity index (χ1v) is 9.51. The smallest absolute Gasteiger partial charge is 0.206 e. The van der Waals surface area contributed by atoms with Gasteiger partial charge in [-0.05, 0) is 30.2 Å². The van der Waals surface area contributed by atoms with Gasteiger partial charge in [-0.25, -0.2) is 4.98 Å². The number of nitrogens with one attached hydrogen (secondary N) is 1. The minimum Gasteiger partial charge on any atom is -0.486 e. The molecule has 0 fully saturated rings. The van der Waals surface area contributed by atoms with Crippen LogP contribution in [0.5, 0.6) is 11.5 Å². The van der Waals surface area contributed by atoms with Gasteiger partial charge < -0.3 is 20.5 Å². The van der Waals surface area contributed by atoms with Crippen molar-refractivity contribution in [2.75, 3.05) is 30.8 Å². The van der Waals surface area contributed by atoms with Crippen LogP contribution in [-0.4, -0.2) is 30.5 Å². The number of anilines is 2. The number of ketones is 1. The summed E-state index contributed by atoms with van der Waals surface area (Å²) in [6.07, 6.45) is 0.867. The largest absolute Gasteiger partial charge is 0.486 e. The Morgan fingerprint density at radius 3 is 2.70 bits per heavy atom. The maximum Gasteiger partial charge on any atom is 0.206 e. The molecule has 2 aromatic carbocycles. The van der Waals surface area contributed by atoms with E-state index in [1.807, 2.05) is 18.2 Å². The molecule has 138 valence electrons. The lowest BCUT2D eigenvalue weighted by atomic mass is 10.1. The van der Waals surface area contributed by atoms with Crippen LogP contribution >= 0.6 is 11.3 Å². The van der Waals surface area contributed by atoms with Crippen LogP contribution < -0.4 is 20.5 Å². The third kappa shape index (κ3) is 3.88. The Bertz CT molecular complexity index is 956. The zero-order valence-corrected chi connectivity index (χ0v) is 15.4. The molecule has 2 heterocycles. The first kappa shape index (κ1) is 17.4. The number of fused-ring (bicyclic) bond motifs is 1. The molecule has 3 N–H and O–H groups in total. The van der Waals surface area contributed by atoms with Gasteiger partial charge in [0.05, 0.1) is 0 Å². The molecule has 0 saturated heterocycles. The number of rotatable bonds is 6. The van der Waals surface area contributed by atoms with Crippen LogP contribution in [-0.2, 0) is 6.42 Å². The van der Waals surface area contributed by atoms with Crippen molar-refractivity contribution < 1.29 is 14.3 Å². The molecule has 0 atom stereocenters. The average molecular weight is 381 g/mol. The molecule has 0 unspecified atom stereocenters. The number of benzene rings is 2. The van der Waals surface area contributed by atoms with Gasteiger partial charge in [0.1, 0.15) is 23.9 Å². The molecule has 27 heavy (non-hydrogen) atoms. The summed E-state index contributed by atoms with van der Waals surface area (Å²) in [5.41, 5.74) is 7.73. The van der Waals surface area contributed by atoms with Crippen LogP contribution in [0.3, 0.4) is 0 Å². The van der Waals surface area contributed by atoms with Crippen molar-refractivity contribution >= 4 is 28.1 Å². The van der Waals surface area contributed by atoms with Gasteiger partial charge in [0.15, 0.2) is 16.6 Å². The van der Waals surface area contributed by atoms with Crippen LogP contribution in [0.25, 0.3) is 0 Å². The molecular weight excluding hydrogens is 362 g/mol. The summed E-state index contributed by atoms with van der Waals surface area (Å²) in [6, 6.07) is 15.3. The zero-order chi connectivity index (χ0) is 18.6. The first-order chi connectivity index (χ1) is 13.2. The lowest BCUT2D eigenvalue weighted by molar-refractivity contribution is 0.104. The van der Waals surface area contributed by atoms with Crippen LogP contribution in [0.4, 0.5) is 10.9 Å². The fourth-order valence-electron chi connectivity index (χ4n) is 2.84. The van der Waals surface area contributed by atoms with Crippen molar-refractivity contribution in [3.8, 4) is 11.5 Å². The fraction of sp³-hybridized carbons (Fsp3) is 0.200.